The number of aryl methyl sites for hydroxylation is 1. The van der Waals surface area contributed by atoms with Gasteiger partial charge in [0, 0.05) is 12.6 Å². The highest BCUT2D eigenvalue weighted by atomic mass is 16.5. The van der Waals surface area contributed by atoms with Crippen LogP contribution < -0.4 is 5.32 Å². The number of hydrogen-bond donors (Lipinski definition) is 1. The summed E-state index contributed by atoms with van der Waals surface area (Å²) in [6, 6.07) is 1.63. The fourth-order valence-corrected chi connectivity index (χ4v) is 1.11. The standard InChI is InChI=1S/C11H18N2O2/c1-8-7-9(15-13-8)10(14)12-6-5-11(2,3)4/h7H,5-6H2,1-4H3,(H,12,14). The fourth-order valence-electron chi connectivity index (χ4n) is 1.11. The van der Waals surface area contributed by atoms with Gasteiger partial charge in [0.2, 0.25) is 5.76 Å². The van der Waals surface area contributed by atoms with Crippen LogP contribution in [-0.4, -0.2) is 17.6 Å². The molecular formula is C11H18N2O2. The molecule has 0 atom stereocenters. The van der Waals surface area contributed by atoms with Crippen LogP contribution in [-0.2, 0) is 0 Å². The van der Waals surface area contributed by atoms with Crippen LogP contribution in [0, 0.1) is 12.3 Å². The quantitative estimate of drug-likeness (QED) is 0.831. The highest BCUT2D eigenvalue weighted by molar-refractivity contribution is 5.91. The molecule has 0 aliphatic heterocycles. The highest BCUT2D eigenvalue weighted by Crippen LogP contribution is 2.17. The zero-order chi connectivity index (χ0) is 11.5. The van der Waals surface area contributed by atoms with Crippen molar-refractivity contribution in [2.24, 2.45) is 5.41 Å². The minimum Gasteiger partial charge on any atom is -0.351 e. The van der Waals surface area contributed by atoms with E-state index in [4.69, 9.17) is 4.52 Å². The maximum Gasteiger partial charge on any atom is 0.289 e. The van der Waals surface area contributed by atoms with E-state index in [9.17, 15) is 4.79 Å². The molecule has 0 aliphatic carbocycles. The van der Waals surface area contributed by atoms with Crippen molar-refractivity contribution in [3.8, 4) is 0 Å². The molecule has 0 saturated carbocycles. The van der Waals surface area contributed by atoms with E-state index >= 15 is 0 Å². The SMILES string of the molecule is Cc1cc(C(=O)NCCC(C)(C)C)on1. The van der Waals surface area contributed by atoms with Crippen molar-refractivity contribution in [2.45, 2.75) is 34.1 Å². The first-order chi connectivity index (χ1) is 6.88. The van der Waals surface area contributed by atoms with Gasteiger partial charge in [-0.05, 0) is 18.8 Å². The Labute approximate surface area is 90.0 Å². The third-order valence-electron chi connectivity index (χ3n) is 2.01. The molecule has 0 bridgehead atoms. The van der Waals surface area contributed by atoms with Crippen molar-refractivity contribution in [3.63, 3.8) is 0 Å². The van der Waals surface area contributed by atoms with Gasteiger partial charge in [0.05, 0.1) is 5.69 Å². The summed E-state index contributed by atoms with van der Waals surface area (Å²) in [5.41, 5.74) is 0.945. The van der Waals surface area contributed by atoms with E-state index in [1.54, 1.807) is 13.0 Å². The summed E-state index contributed by atoms with van der Waals surface area (Å²) >= 11 is 0. The maximum atomic E-state index is 11.5. The summed E-state index contributed by atoms with van der Waals surface area (Å²) in [7, 11) is 0. The van der Waals surface area contributed by atoms with E-state index in [1.165, 1.54) is 0 Å². The van der Waals surface area contributed by atoms with Crippen LogP contribution in [0.15, 0.2) is 10.6 Å². The molecule has 0 fully saturated rings. The molecule has 84 valence electrons. The Morgan fingerprint density at radius 2 is 2.20 bits per heavy atom. The Bertz CT molecular complexity index is 337. The zero-order valence-electron chi connectivity index (χ0n) is 9.76. The summed E-state index contributed by atoms with van der Waals surface area (Å²) in [6.45, 7) is 8.85. The van der Waals surface area contributed by atoms with E-state index in [0.29, 0.717) is 6.54 Å². The van der Waals surface area contributed by atoms with E-state index in [-0.39, 0.29) is 17.1 Å². The first-order valence-corrected chi connectivity index (χ1v) is 5.10. The number of carbonyl (C=O) groups is 1. The van der Waals surface area contributed by atoms with Gasteiger partial charge < -0.3 is 9.84 Å². The highest BCUT2D eigenvalue weighted by Gasteiger charge is 2.13. The molecule has 15 heavy (non-hydrogen) atoms. The largest absolute Gasteiger partial charge is 0.351 e. The molecule has 0 aliphatic rings. The van der Waals surface area contributed by atoms with Crippen LogP contribution in [0.25, 0.3) is 0 Å². The van der Waals surface area contributed by atoms with Gasteiger partial charge in [-0.25, -0.2) is 0 Å². The summed E-state index contributed by atoms with van der Waals surface area (Å²) in [5, 5.41) is 6.45. The first-order valence-electron chi connectivity index (χ1n) is 5.10. The average Bonchev–Trinajstić information content (AvgIpc) is 2.49. The Morgan fingerprint density at radius 1 is 1.53 bits per heavy atom. The summed E-state index contributed by atoms with van der Waals surface area (Å²) < 4.78 is 4.85. The molecule has 1 N–H and O–H groups in total. The first kappa shape index (κ1) is 11.8. The number of aromatic nitrogens is 1. The number of carbonyl (C=O) groups excluding carboxylic acids is 1. The number of hydrogen-bond acceptors (Lipinski definition) is 3. The van der Waals surface area contributed by atoms with Crippen molar-refractivity contribution in [1.29, 1.82) is 0 Å². The average molecular weight is 210 g/mol. The lowest BCUT2D eigenvalue weighted by atomic mass is 9.92. The summed E-state index contributed by atoms with van der Waals surface area (Å²) in [6.07, 6.45) is 0.936. The lowest BCUT2D eigenvalue weighted by Gasteiger charge is -2.17. The molecule has 1 aromatic rings. The second-order valence-corrected chi connectivity index (χ2v) is 4.90. The Morgan fingerprint density at radius 3 is 2.67 bits per heavy atom. The fraction of sp³-hybridized carbons (Fsp3) is 0.636. The van der Waals surface area contributed by atoms with Gasteiger partial charge in [-0.2, -0.15) is 0 Å². The summed E-state index contributed by atoms with van der Waals surface area (Å²) in [5.74, 6) is 0.0845. The van der Waals surface area contributed by atoms with Crippen molar-refractivity contribution in [1.82, 2.24) is 10.5 Å². The normalized spacial score (nSPS) is 11.5. The van der Waals surface area contributed by atoms with E-state index in [2.05, 4.69) is 31.2 Å². The molecule has 0 unspecified atom stereocenters. The van der Waals surface area contributed by atoms with E-state index < -0.39 is 0 Å². The van der Waals surface area contributed by atoms with E-state index in [0.717, 1.165) is 12.1 Å². The Hall–Kier alpha value is -1.32. The van der Waals surface area contributed by atoms with Crippen LogP contribution in [0.5, 0.6) is 0 Å². The summed E-state index contributed by atoms with van der Waals surface area (Å²) in [4.78, 5) is 11.5. The molecular weight excluding hydrogens is 192 g/mol. The predicted molar refractivity (Wildman–Crippen MR) is 57.6 cm³/mol. The molecule has 1 rings (SSSR count). The van der Waals surface area contributed by atoms with Gasteiger partial charge in [-0.15, -0.1) is 0 Å². The Kier molecular flexibility index (Phi) is 3.50. The lowest BCUT2D eigenvalue weighted by Crippen LogP contribution is -2.26. The van der Waals surface area contributed by atoms with Gasteiger partial charge in [-0.1, -0.05) is 25.9 Å². The monoisotopic (exact) mass is 210 g/mol. The molecule has 0 aromatic carbocycles. The second-order valence-electron chi connectivity index (χ2n) is 4.90. The number of nitrogens with zero attached hydrogens (tertiary/aromatic N) is 1. The number of amides is 1. The van der Waals surface area contributed by atoms with Crippen LogP contribution in [0.1, 0.15) is 43.4 Å². The molecule has 0 spiro atoms. The van der Waals surface area contributed by atoms with Gasteiger partial charge in [0.15, 0.2) is 0 Å². The van der Waals surface area contributed by atoms with Gasteiger partial charge in [0.25, 0.3) is 5.91 Å². The minimum atomic E-state index is -0.195. The number of nitrogens with one attached hydrogen (secondary N) is 1. The van der Waals surface area contributed by atoms with Crippen LogP contribution in [0.2, 0.25) is 0 Å². The predicted octanol–water partition coefficient (Wildman–Crippen LogP) is 2.15. The lowest BCUT2D eigenvalue weighted by molar-refractivity contribution is 0.0912. The van der Waals surface area contributed by atoms with Crippen molar-refractivity contribution >= 4 is 5.91 Å². The maximum absolute atomic E-state index is 11.5. The van der Waals surface area contributed by atoms with Crippen molar-refractivity contribution < 1.29 is 9.32 Å². The van der Waals surface area contributed by atoms with Gasteiger partial charge in [-0.3, -0.25) is 4.79 Å². The molecule has 1 aromatic heterocycles. The molecule has 4 heteroatoms. The van der Waals surface area contributed by atoms with Crippen LogP contribution >= 0.6 is 0 Å². The smallest absolute Gasteiger partial charge is 0.289 e. The third-order valence-corrected chi connectivity index (χ3v) is 2.01. The molecule has 0 radical (unpaired) electrons. The van der Waals surface area contributed by atoms with E-state index in [1.807, 2.05) is 0 Å². The molecule has 1 amide bonds. The number of rotatable bonds is 3. The van der Waals surface area contributed by atoms with Crippen molar-refractivity contribution in [2.75, 3.05) is 6.54 Å². The van der Waals surface area contributed by atoms with Crippen LogP contribution in [0.3, 0.4) is 0 Å². The zero-order valence-corrected chi connectivity index (χ0v) is 9.76. The van der Waals surface area contributed by atoms with Gasteiger partial charge in [0.1, 0.15) is 0 Å². The second kappa shape index (κ2) is 4.47. The third kappa shape index (κ3) is 4.14. The minimum absolute atomic E-state index is 0.195. The molecule has 0 saturated heterocycles. The molecule has 4 nitrogen and oxygen atoms in total. The van der Waals surface area contributed by atoms with Crippen LogP contribution in [0.4, 0.5) is 0 Å². The Balaban J connectivity index is 2.37. The van der Waals surface area contributed by atoms with Crippen molar-refractivity contribution in [3.05, 3.63) is 17.5 Å². The van der Waals surface area contributed by atoms with Gasteiger partial charge >= 0.3 is 0 Å². The topological polar surface area (TPSA) is 55.1 Å². The molecule has 1 heterocycles.